The summed E-state index contributed by atoms with van der Waals surface area (Å²) in [7, 11) is -2.86. The van der Waals surface area contributed by atoms with Gasteiger partial charge >= 0.3 is 33.6 Å². The summed E-state index contributed by atoms with van der Waals surface area (Å²) in [4.78, 5) is 11.4. The van der Waals surface area contributed by atoms with Crippen molar-refractivity contribution < 1.29 is 35.8 Å². The number of benzene rings is 1. The van der Waals surface area contributed by atoms with Gasteiger partial charge in [-0.2, -0.15) is 21.6 Å². The molecule has 0 amide bonds. The zero-order valence-corrected chi connectivity index (χ0v) is 13.6. The van der Waals surface area contributed by atoms with Crippen LogP contribution in [-0.2, 0) is 10.0 Å². The molecule has 1 aromatic carbocycles. The summed E-state index contributed by atoms with van der Waals surface area (Å²) in [6.45, 7) is 0. The Hall–Kier alpha value is -2.83. The summed E-state index contributed by atoms with van der Waals surface area (Å²) in [6, 6.07) is 4.26. The summed E-state index contributed by atoms with van der Waals surface area (Å²) in [5.41, 5.74) is -5.71. The lowest BCUT2D eigenvalue weighted by Crippen LogP contribution is -2.29. The number of alkyl halides is 3. The average molecular weight is 380 g/mol. The van der Waals surface area contributed by atoms with Crippen molar-refractivity contribution in [2.45, 2.75) is 5.51 Å². The monoisotopic (exact) mass is 380 g/mol. The molecule has 0 aliphatic carbocycles. The molecule has 13 heteroatoms. The van der Waals surface area contributed by atoms with E-state index in [1.165, 1.54) is 31.1 Å². The molecule has 1 aromatic heterocycles. The number of methoxy groups -OCH3 is 2. The van der Waals surface area contributed by atoms with Crippen LogP contribution in [0.15, 0.2) is 24.3 Å². The summed E-state index contributed by atoms with van der Waals surface area (Å²) >= 11 is 0. The Bertz CT molecular complexity index is 821. The second-order valence-corrected chi connectivity index (χ2v) is 5.94. The fourth-order valence-corrected chi connectivity index (χ4v) is 2.02. The standard InChI is InChI=1S/C12H11F3N4O5S/c1-22-9-16-10(23-2)18-11(17-9)24-8-5-3-7(4-6-8)19-25(20,21)12(13,14)15/h3-6,19H,1-2H3. The van der Waals surface area contributed by atoms with Gasteiger partial charge in [0.15, 0.2) is 0 Å². The van der Waals surface area contributed by atoms with Crippen LogP contribution in [0, 0.1) is 0 Å². The molecule has 0 saturated heterocycles. The second-order valence-electron chi connectivity index (χ2n) is 4.27. The van der Waals surface area contributed by atoms with Crippen LogP contribution in [0.1, 0.15) is 0 Å². The minimum atomic E-state index is -5.50. The van der Waals surface area contributed by atoms with Gasteiger partial charge in [0.2, 0.25) is 0 Å². The van der Waals surface area contributed by atoms with Crippen LogP contribution in [-0.4, -0.2) is 43.1 Å². The molecular formula is C12H11F3N4O5S. The highest BCUT2D eigenvalue weighted by Gasteiger charge is 2.46. The van der Waals surface area contributed by atoms with Crippen molar-refractivity contribution in [3.05, 3.63) is 24.3 Å². The molecule has 136 valence electrons. The number of halogens is 3. The van der Waals surface area contributed by atoms with Crippen molar-refractivity contribution >= 4 is 15.7 Å². The minimum Gasteiger partial charge on any atom is -0.467 e. The van der Waals surface area contributed by atoms with Crippen molar-refractivity contribution in [3.8, 4) is 23.8 Å². The van der Waals surface area contributed by atoms with Gasteiger partial charge in [-0.1, -0.05) is 0 Å². The first kappa shape index (κ1) is 18.5. The molecule has 9 nitrogen and oxygen atoms in total. The van der Waals surface area contributed by atoms with Gasteiger partial charge in [0.25, 0.3) is 0 Å². The molecule has 25 heavy (non-hydrogen) atoms. The van der Waals surface area contributed by atoms with Crippen LogP contribution < -0.4 is 18.9 Å². The highest BCUT2D eigenvalue weighted by atomic mass is 32.2. The number of hydrogen-bond acceptors (Lipinski definition) is 8. The molecule has 2 aromatic rings. The predicted molar refractivity (Wildman–Crippen MR) is 78.0 cm³/mol. The van der Waals surface area contributed by atoms with Crippen LogP contribution in [0.5, 0.6) is 23.8 Å². The van der Waals surface area contributed by atoms with Crippen LogP contribution in [0.2, 0.25) is 0 Å². The largest absolute Gasteiger partial charge is 0.516 e. The maximum Gasteiger partial charge on any atom is 0.516 e. The SMILES string of the molecule is COc1nc(OC)nc(Oc2ccc(NS(=O)(=O)C(F)(F)F)cc2)n1. The van der Waals surface area contributed by atoms with E-state index < -0.39 is 15.5 Å². The van der Waals surface area contributed by atoms with Gasteiger partial charge in [-0.05, 0) is 24.3 Å². The van der Waals surface area contributed by atoms with E-state index in [2.05, 4.69) is 15.0 Å². The van der Waals surface area contributed by atoms with E-state index >= 15 is 0 Å². The van der Waals surface area contributed by atoms with E-state index in [1.807, 2.05) is 0 Å². The summed E-state index contributed by atoms with van der Waals surface area (Å²) in [6.07, 6.45) is 0. The summed E-state index contributed by atoms with van der Waals surface area (Å²) < 4.78 is 75.3. The highest BCUT2D eigenvalue weighted by Crippen LogP contribution is 2.27. The Kier molecular flexibility index (Phi) is 5.15. The number of nitrogens with one attached hydrogen (secondary N) is 1. The van der Waals surface area contributed by atoms with Gasteiger partial charge in [-0.15, -0.1) is 15.0 Å². The quantitative estimate of drug-likeness (QED) is 0.809. The zero-order valence-electron chi connectivity index (χ0n) is 12.7. The Labute approximate surface area is 139 Å². The number of aromatic nitrogens is 3. The fraction of sp³-hybridized carbons (Fsp3) is 0.250. The molecule has 0 radical (unpaired) electrons. The maximum absolute atomic E-state index is 12.3. The third kappa shape index (κ3) is 4.59. The van der Waals surface area contributed by atoms with Gasteiger partial charge in [0, 0.05) is 5.69 Å². The van der Waals surface area contributed by atoms with Gasteiger partial charge in [-0.3, -0.25) is 4.72 Å². The number of anilines is 1. The van der Waals surface area contributed by atoms with Crippen LogP contribution >= 0.6 is 0 Å². The molecular weight excluding hydrogens is 369 g/mol. The molecule has 1 heterocycles. The van der Waals surface area contributed by atoms with Crippen molar-refractivity contribution in [3.63, 3.8) is 0 Å². The first-order valence-electron chi connectivity index (χ1n) is 6.35. The van der Waals surface area contributed by atoms with E-state index in [0.717, 1.165) is 12.1 Å². The lowest BCUT2D eigenvalue weighted by molar-refractivity contribution is -0.0429. The molecule has 0 bridgehead atoms. The van der Waals surface area contributed by atoms with E-state index in [4.69, 9.17) is 14.2 Å². The van der Waals surface area contributed by atoms with Gasteiger partial charge in [0.05, 0.1) is 14.2 Å². The van der Waals surface area contributed by atoms with Crippen molar-refractivity contribution in [2.24, 2.45) is 0 Å². The van der Waals surface area contributed by atoms with Crippen LogP contribution in [0.3, 0.4) is 0 Å². The second kappa shape index (κ2) is 6.96. The zero-order chi connectivity index (χ0) is 18.7. The number of ether oxygens (including phenoxy) is 3. The number of rotatable bonds is 6. The van der Waals surface area contributed by atoms with E-state index in [-0.39, 0.29) is 29.5 Å². The molecule has 0 spiro atoms. The first-order chi connectivity index (χ1) is 11.6. The molecule has 2 rings (SSSR count). The molecule has 0 atom stereocenters. The van der Waals surface area contributed by atoms with E-state index in [1.54, 1.807) is 0 Å². The lowest BCUT2D eigenvalue weighted by atomic mass is 10.3. The Morgan fingerprint density at radius 2 is 1.40 bits per heavy atom. The Balaban J connectivity index is 2.16. The van der Waals surface area contributed by atoms with Crippen LogP contribution in [0.4, 0.5) is 18.9 Å². The molecule has 0 saturated carbocycles. The van der Waals surface area contributed by atoms with Gasteiger partial charge < -0.3 is 14.2 Å². The van der Waals surface area contributed by atoms with Crippen molar-refractivity contribution in [2.75, 3.05) is 18.9 Å². The highest BCUT2D eigenvalue weighted by molar-refractivity contribution is 7.93. The molecule has 0 aliphatic rings. The normalized spacial score (nSPS) is 11.7. The minimum absolute atomic E-state index is 0.0728. The molecule has 0 aliphatic heterocycles. The first-order valence-corrected chi connectivity index (χ1v) is 7.84. The third-order valence-electron chi connectivity index (χ3n) is 2.56. The Morgan fingerprint density at radius 3 is 1.84 bits per heavy atom. The number of sulfonamides is 1. The smallest absolute Gasteiger partial charge is 0.467 e. The lowest BCUT2D eigenvalue weighted by Gasteiger charge is -2.11. The van der Waals surface area contributed by atoms with Gasteiger partial charge in [-0.25, -0.2) is 0 Å². The van der Waals surface area contributed by atoms with Gasteiger partial charge in [0.1, 0.15) is 5.75 Å². The Morgan fingerprint density at radius 1 is 0.920 bits per heavy atom. The van der Waals surface area contributed by atoms with Crippen molar-refractivity contribution in [1.29, 1.82) is 0 Å². The van der Waals surface area contributed by atoms with Crippen molar-refractivity contribution in [1.82, 2.24) is 15.0 Å². The third-order valence-corrected chi connectivity index (χ3v) is 3.67. The maximum atomic E-state index is 12.3. The predicted octanol–water partition coefficient (Wildman–Crippen LogP) is 1.94. The molecule has 0 unspecified atom stereocenters. The summed E-state index contributed by atoms with van der Waals surface area (Å²) in [5, 5.41) is 0. The van der Waals surface area contributed by atoms with E-state index in [9.17, 15) is 21.6 Å². The summed E-state index contributed by atoms with van der Waals surface area (Å²) in [5.74, 6) is 0.130. The molecule has 1 N–H and O–H groups in total. The fourth-order valence-electron chi connectivity index (χ4n) is 1.46. The molecule has 0 fully saturated rings. The van der Waals surface area contributed by atoms with Crippen LogP contribution in [0.25, 0.3) is 0 Å². The number of nitrogens with zero attached hydrogens (tertiary/aromatic N) is 3. The number of hydrogen-bond donors (Lipinski definition) is 1. The topological polar surface area (TPSA) is 113 Å². The average Bonchev–Trinajstić information content (AvgIpc) is 2.55. The van der Waals surface area contributed by atoms with E-state index in [0.29, 0.717) is 0 Å².